The van der Waals surface area contributed by atoms with Crippen LogP contribution in [0.1, 0.15) is 37.0 Å². The molecule has 2 N–H and O–H groups in total. The van der Waals surface area contributed by atoms with Crippen LogP contribution in [0.25, 0.3) is 0 Å². The van der Waals surface area contributed by atoms with Gasteiger partial charge in [-0.3, -0.25) is 0 Å². The van der Waals surface area contributed by atoms with E-state index in [1.54, 1.807) is 6.07 Å². The first-order valence-corrected chi connectivity index (χ1v) is 8.09. The van der Waals surface area contributed by atoms with Crippen molar-refractivity contribution in [2.24, 2.45) is 0 Å². The summed E-state index contributed by atoms with van der Waals surface area (Å²) in [4.78, 5) is 0. The summed E-state index contributed by atoms with van der Waals surface area (Å²) < 4.78 is 5.83. The second kappa shape index (κ2) is 8.49. The highest BCUT2D eigenvalue weighted by atomic mass is 16.5. The summed E-state index contributed by atoms with van der Waals surface area (Å²) in [5.74, 6) is 0.802. The Labute approximate surface area is 143 Å². The lowest BCUT2D eigenvalue weighted by Gasteiger charge is -2.25. The molecule has 0 radical (unpaired) electrons. The zero-order chi connectivity index (χ0) is 17.4. The number of nitrogens with one attached hydrogen (secondary N) is 1. The predicted molar refractivity (Wildman–Crippen MR) is 94.6 cm³/mol. The molecule has 2 aromatic carbocycles. The predicted octanol–water partition coefficient (Wildman–Crippen LogP) is 3.39. The highest BCUT2D eigenvalue weighted by Crippen LogP contribution is 2.17. The molecule has 0 bridgehead atoms. The van der Waals surface area contributed by atoms with Gasteiger partial charge in [-0.25, -0.2) is 0 Å². The summed E-state index contributed by atoms with van der Waals surface area (Å²) in [5, 5.41) is 21.5. The number of aliphatic hydroxyl groups excluding tert-OH is 1. The van der Waals surface area contributed by atoms with Gasteiger partial charge in [0, 0.05) is 18.7 Å². The third-order valence-corrected chi connectivity index (χ3v) is 3.87. The van der Waals surface area contributed by atoms with Gasteiger partial charge in [0.05, 0.1) is 11.6 Å². The van der Waals surface area contributed by atoms with E-state index in [2.05, 4.69) is 25.2 Å². The first-order chi connectivity index (χ1) is 11.5. The zero-order valence-corrected chi connectivity index (χ0v) is 14.2. The molecule has 0 fully saturated rings. The summed E-state index contributed by atoms with van der Waals surface area (Å²) in [7, 11) is 0. The zero-order valence-electron chi connectivity index (χ0n) is 14.2. The van der Waals surface area contributed by atoms with Crippen LogP contribution in [0.5, 0.6) is 5.75 Å². The van der Waals surface area contributed by atoms with Crippen molar-refractivity contribution in [3.63, 3.8) is 0 Å². The van der Waals surface area contributed by atoms with E-state index in [4.69, 9.17) is 15.1 Å². The van der Waals surface area contributed by atoms with Crippen molar-refractivity contribution in [2.45, 2.75) is 39.0 Å². The van der Waals surface area contributed by atoms with Gasteiger partial charge in [0.15, 0.2) is 0 Å². The van der Waals surface area contributed by atoms with E-state index in [0.29, 0.717) is 25.1 Å². The number of hydrogen-bond acceptors (Lipinski definition) is 4. The summed E-state index contributed by atoms with van der Waals surface area (Å²) in [6, 6.07) is 17.5. The van der Waals surface area contributed by atoms with E-state index in [0.717, 1.165) is 16.9 Å². The minimum Gasteiger partial charge on any atom is -0.489 e. The number of rotatable bonds is 8. The van der Waals surface area contributed by atoms with Gasteiger partial charge in [0.25, 0.3) is 0 Å². The number of ether oxygens (including phenoxy) is 1. The molecule has 0 amide bonds. The normalized spacial score (nSPS) is 11.1. The molecular weight excluding hydrogens is 300 g/mol. The third-order valence-electron chi connectivity index (χ3n) is 3.87. The largest absolute Gasteiger partial charge is 0.489 e. The molecule has 0 aromatic heterocycles. The lowest BCUT2D eigenvalue weighted by Crippen LogP contribution is -2.39. The van der Waals surface area contributed by atoms with Crippen molar-refractivity contribution in [3.05, 3.63) is 65.2 Å². The Morgan fingerprint density at radius 1 is 1.12 bits per heavy atom. The summed E-state index contributed by atoms with van der Waals surface area (Å²) in [6.45, 7) is 5.47. The van der Waals surface area contributed by atoms with Crippen LogP contribution in [0, 0.1) is 11.3 Å². The highest BCUT2D eigenvalue weighted by molar-refractivity contribution is 5.33. The molecule has 126 valence electrons. The van der Waals surface area contributed by atoms with E-state index in [-0.39, 0.29) is 12.1 Å². The summed E-state index contributed by atoms with van der Waals surface area (Å²) >= 11 is 0. The molecule has 24 heavy (non-hydrogen) atoms. The van der Waals surface area contributed by atoms with Crippen LogP contribution in [0.15, 0.2) is 48.5 Å². The minimum absolute atomic E-state index is 0.108. The SMILES string of the molecule is CC(C)(CCO)NCc1cccc(OCc2cccc(C#N)c2)c1. The Bertz CT molecular complexity index is 705. The Morgan fingerprint density at radius 3 is 2.62 bits per heavy atom. The Hall–Kier alpha value is -2.35. The van der Waals surface area contributed by atoms with Gasteiger partial charge in [-0.05, 0) is 55.7 Å². The van der Waals surface area contributed by atoms with Crippen LogP contribution in [0.2, 0.25) is 0 Å². The molecule has 0 aliphatic rings. The average molecular weight is 324 g/mol. The monoisotopic (exact) mass is 324 g/mol. The van der Waals surface area contributed by atoms with Crippen molar-refractivity contribution in [2.75, 3.05) is 6.61 Å². The van der Waals surface area contributed by atoms with Crippen LogP contribution in [0.3, 0.4) is 0 Å². The van der Waals surface area contributed by atoms with Crippen LogP contribution >= 0.6 is 0 Å². The van der Waals surface area contributed by atoms with Crippen molar-refractivity contribution < 1.29 is 9.84 Å². The molecule has 0 spiro atoms. The molecule has 0 saturated heterocycles. The van der Waals surface area contributed by atoms with Gasteiger partial charge in [-0.15, -0.1) is 0 Å². The van der Waals surface area contributed by atoms with Crippen LogP contribution in [-0.2, 0) is 13.2 Å². The maximum absolute atomic E-state index is 9.08. The Kier molecular flexibility index (Phi) is 6.36. The van der Waals surface area contributed by atoms with E-state index in [1.807, 2.05) is 42.5 Å². The Balaban J connectivity index is 1.94. The van der Waals surface area contributed by atoms with E-state index >= 15 is 0 Å². The second-order valence-corrected chi connectivity index (χ2v) is 6.46. The number of hydrogen-bond donors (Lipinski definition) is 2. The standard InChI is InChI=1S/C20H24N2O2/c1-20(2,9-10-23)22-14-17-6-4-8-19(12-17)24-15-18-7-3-5-16(11-18)13-21/h3-8,11-12,22-23H,9-10,14-15H2,1-2H3. The van der Waals surface area contributed by atoms with Crippen LogP contribution < -0.4 is 10.1 Å². The van der Waals surface area contributed by atoms with Gasteiger partial charge in [-0.1, -0.05) is 24.3 Å². The molecular formula is C20H24N2O2. The molecule has 0 unspecified atom stereocenters. The maximum atomic E-state index is 9.08. The summed E-state index contributed by atoms with van der Waals surface area (Å²) in [5.41, 5.74) is 2.63. The average Bonchev–Trinajstić information content (AvgIpc) is 2.59. The maximum Gasteiger partial charge on any atom is 0.120 e. The summed E-state index contributed by atoms with van der Waals surface area (Å²) in [6.07, 6.45) is 0.707. The van der Waals surface area contributed by atoms with Gasteiger partial charge < -0.3 is 15.2 Å². The van der Waals surface area contributed by atoms with Crippen LogP contribution in [-0.4, -0.2) is 17.3 Å². The molecule has 0 saturated carbocycles. The second-order valence-electron chi connectivity index (χ2n) is 6.46. The van der Waals surface area contributed by atoms with E-state index in [1.165, 1.54) is 0 Å². The van der Waals surface area contributed by atoms with Gasteiger partial charge >= 0.3 is 0 Å². The first-order valence-electron chi connectivity index (χ1n) is 8.09. The van der Waals surface area contributed by atoms with Crippen molar-refractivity contribution in [1.29, 1.82) is 5.26 Å². The number of aliphatic hydroxyl groups is 1. The topological polar surface area (TPSA) is 65.3 Å². The first kappa shape index (κ1) is 18.0. The molecule has 0 aliphatic carbocycles. The fourth-order valence-electron chi connectivity index (χ4n) is 2.35. The smallest absolute Gasteiger partial charge is 0.120 e. The van der Waals surface area contributed by atoms with E-state index in [9.17, 15) is 0 Å². The quantitative estimate of drug-likeness (QED) is 0.781. The number of nitrogens with zero attached hydrogens (tertiary/aromatic N) is 1. The van der Waals surface area contributed by atoms with Crippen molar-refractivity contribution in [3.8, 4) is 11.8 Å². The lowest BCUT2D eigenvalue weighted by atomic mass is 10.0. The minimum atomic E-state index is -0.108. The third kappa shape index (κ3) is 5.69. The number of benzene rings is 2. The van der Waals surface area contributed by atoms with Crippen molar-refractivity contribution in [1.82, 2.24) is 5.32 Å². The fraction of sp³-hybridized carbons (Fsp3) is 0.350. The molecule has 2 aromatic rings. The molecule has 2 rings (SSSR count). The number of nitriles is 1. The molecule has 4 heteroatoms. The van der Waals surface area contributed by atoms with Gasteiger partial charge in [0.1, 0.15) is 12.4 Å². The van der Waals surface area contributed by atoms with Gasteiger partial charge in [0.2, 0.25) is 0 Å². The molecule has 0 heterocycles. The van der Waals surface area contributed by atoms with Crippen molar-refractivity contribution >= 4 is 0 Å². The van der Waals surface area contributed by atoms with Crippen LogP contribution in [0.4, 0.5) is 0 Å². The molecule has 4 nitrogen and oxygen atoms in total. The van der Waals surface area contributed by atoms with E-state index < -0.39 is 0 Å². The fourth-order valence-corrected chi connectivity index (χ4v) is 2.35. The highest BCUT2D eigenvalue weighted by Gasteiger charge is 2.15. The van der Waals surface area contributed by atoms with Gasteiger partial charge in [-0.2, -0.15) is 5.26 Å². The lowest BCUT2D eigenvalue weighted by molar-refractivity contribution is 0.230. The molecule has 0 aliphatic heterocycles. The Morgan fingerprint density at radius 2 is 1.88 bits per heavy atom. The molecule has 0 atom stereocenters.